The lowest BCUT2D eigenvalue weighted by Crippen LogP contribution is -2.44. The molecule has 6 heteroatoms. The Hall–Kier alpha value is -0.850. The van der Waals surface area contributed by atoms with Crippen LogP contribution in [-0.4, -0.2) is 67.1 Å². The lowest BCUT2D eigenvalue weighted by atomic mass is 9.96. The van der Waals surface area contributed by atoms with E-state index < -0.39 is 11.9 Å². The summed E-state index contributed by atoms with van der Waals surface area (Å²) in [5, 5.41) is 12.2. The van der Waals surface area contributed by atoms with E-state index in [2.05, 4.69) is 4.90 Å². The molecule has 0 aromatic rings. The number of hydrogen-bond acceptors (Lipinski definition) is 4. The fourth-order valence-corrected chi connectivity index (χ4v) is 3.12. The third kappa shape index (κ3) is 6.28. The van der Waals surface area contributed by atoms with E-state index in [4.69, 9.17) is 9.47 Å². The van der Waals surface area contributed by atoms with Crippen molar-refractivity contribution in [3.05, 3.63) is 0 Å². The Kier molecular flexibility index (Phi) is 6.68. The Morgan fingerprint density at radius 1 is 1.13 bits per heavy atom. The molecule has 133 valence electrons. The number of carbonyl (C=O) groups is 1. The van der Waals surface area contributed by atoms with Crippen molar-refractivity contribution in [3.8, 4) is 0 Å². The highest BCUT2D eigenvalue weighted by atomic mass is 16.6. The van der Waals surface area contributed by atoms with Crippen molar-refractivity contribution in [2.24, 2.45) is 5.92 Å². The second-order valence-electron chi connectivity index (χ2n) is 7.59. The molecule has 0 saturated carbocycles. The molecule has 23 heavy (non-hydrogen) atoms. The van der Waals surface area contributed by atoms with Crippen molar-refractivity contribution in [3.63, 3.8) is 0 Å². The average molecular weight is 327 g/mol. The summed E-state index contributed by atoms with van der Waals surface area (Å²) in [6.07, 6.45) is 2.63. The fourth-order valence-electron chi connectivity index (χ4n) is 3.12. The zero-order valence-electron chi connectivity index (χ0n) is 14.8. The SMILES string of the molecule is CC(C)(C)OC(=O)N1CCC(C([O])OCCN2CCCC2)CC1. The Balaban J connectivity index is 1.63. The van der Waals surface area contributed by atoms with Crippen LogP contribution in [0.25, 0.3) is 0 Å². The van der Waals surface area contributed by atoms with Gasteiger partial charge in [0, 0.05) is 25.6 Å². The third-order valence-corrected chi connectivity index (χ3v) is 4.46. The molecule has 0 spiro atoms. The van der Waals surface area contributed by atoms with E-state index in [9.17, 15) is 9.90 Å². The molecule has 6 nitrogen and oxygen atoms in total. The van der Waals surface area contributed by atoms with Crippen molar-refractivity contribution >= 4 is 6.09 Å². The highest BCUT2D eigenvalue weighted by molar-refractivity contribution is 5.68. The smallest absolute Gasteiger partial charge is 0.410 e. The molecule has 0 aliphatic carbocycles. The van der Waals surface area contributed by atoms with Gasteiger partial charge in [0.25, 0.3) is 0 Å². The van der Waals surface area contributed by atoms with Crippen LogP contribution in [0, 0.1) is 5.92 Å². The summed E-state index contributed by atoms with van der Waals surface area (Å²) in [5.41, 5.74) is -0.478. The van der Waals surface area contributed by atoms with Crippen molar-refractivity contribution in [1.29, 1.82) is 0 Å². The summed E-state index contributed by atoms with van der Waals surface area (Å²) in [5.74, 6) is -0.00716. The first-order valence-corrected chi connectivity index (χ1v) is 8.83. The number of likely N-dealkylation sites (tertiary alicyclic amines) is 2. The van der Waals surface area contributed by atoms with Crippen LogP contribution >= 0.6 is 0 Å². The summed E-state index contributed by atoms with van der Waals surface area (Å²) in [6.45, 7) is 10.4. The number of rotatable bonds is 5. The molecule has 2 rings (SSSR count). The van der Waals surface area contributed by atoms with Gasteiger partial charge < -0.3 is 19.3 Å². The van der Waals surface area contributed by atoms with Crippen molar-refractivity contribution < 1.29 is 19.4 Å². The quantitative estimate of drug-likeness (QED) is 0.728. The highest BCUT2D eigenvalue weighted by Gasteiger charge is 2.31. The van der Waals surface area contributed by atoms with Crippen molar-refractivity contribution in [2.45, 2.75) is 58.3 Å². The van der Waals surface area contributed by atoms with E-state index in [1.165, 1.54) is 12.8 Å². The maximum atomic E-state index is 12.2. The molecule has 1 radical (unpaired) electrons. The van der Waals surface area contributed by atoms with Gasteiger partial charge in [-0.05, 0) is 59.5 Å². The van der Waals surface area contributed by atoms with E-state index in [1.54, 1.807) is 4.90 Å². The van der Waals surface area contributed by atoms with Gasteiger partial charge in [-0.3, -0.25) is 0 Å². The standard InChI is InChI=1S/C17H31N2O4/c1-17(2,3)23-16(21)19-10-6-14(7-11-19)15(20)22-13-12-18-8-4-5-9-18/h14-15H,4-13H2,1-3H3. The second kappa shape index (κ2) is 8.31. The van der Waals surface area contributed by atoms with Gasteiger partial charge in [-0.15, -0.1) is 0 Å². The Labute approximate surface area is 139 Å². The van der Waals surface area contributed by atoms with Crippen molar-refractivity contribution in [1.82, 2.24) is 9.80 Å². The third-order valence-electron chi connectivity index (χ3n) is 4.46. The van der Waals surface area contributed by atoms with Crippen LogP contribution in [0.2, 0.25) is 0 Å². The van der Waals surface area contributed by atoms with Crippen LogP contribution in [0.15, 0.2) is 0 Å². The van der Waals surface area contributed by atoms with E-state index in [-0.39, 0.29) is 12.0 Å². The summed E-state index contributed by atoms with van der Waals surface area (Å²) in [4.78, 5) is 16.0. The molecular formula is C17H31N2O4. The number of hydrogen-bond donors (Lipinski definition) is 0. The van der Waals surface area contributed by atoms with Crippen LogP contribution in [0.3, 0.4) is 0 Å². The summed E-state index contributed by atoms with van der Waals surface area (Å²) >= 11 is 0. The van der Waals surface area contributed by atoms with Gasteiger partial charge in [-0.25, -0.2) is 9.90 Å². The van der Waals surface area contributed by atoms with Gasteiger partial charge in [0.2, 0.25) is 0 Å². The second-order valence-corrected chi connectivity index (χ2v) is 7.59. The molecule has 2 saturated heterocycles. The molecule has 0 aromatic carbocycles. The Bertz CT molecular complexity index is 369. The first-order valence-electron chi connectivity index (χ1n) is 8.83. The Morgan fingerprint density at radius 2 is 1.74 bits per heavy atom. The highest BCUT2D eigenvalue weighted by Crippen LogP contribution is 2.23. The number of amides is 1. The minimum Gasteiger partial charge on any atom is -0.444 e. The predicted octanol–water partition coefficient (Wildman–Crippen LogP) is 2.50. The van der Waals surface area contributed by atoms with E-state index in [0.717, 1.165) is 19.6 Å². The van der Waals surface area contributed by atoms with Crippen LogP contribution in [-0.2, 0) is 14.6 Å². The first kappa shape index (κ1) is 18.5. The summed E-state index contributed by atoms with van der Waals surface area (Å²) in [7, 11) is 0. The molecule has 0 bridgehead atoms. The van der Waals surface area contributed by atoms with Crippen LogP contribution < -0.4 is 0 Å². The van der Waals surface area contributed by atoms with Gasteiger partial charge in [-0.1, -0.05) is 0 Å². The van der Waals surface area contributed by atoms with Gasteiger partial charge in [0.05, 0.1) is 6.61 Å². The number of ether oxygens (including phenoxy) is 2. The van der Waals surface area contributed by atoms with Gasteiger partial charge in [-0.2, -0.15) is 0 Å². The monoisotopic (exact) mass is 327 g/mol. The van der Waals surface area contributed by atoms with Gasteiger partial charge in [0.15, 0.2) is 6.29 Å². The van der Waals surface area contributed by atoms with Crippen LogP contribution in [0.1, 0.15) is 46.5 Å². The lowest BCUT2D eigenvalue weighted by molar-refractivity contribution is -0.181. The molecule has 1 amide bonds. The molecule has 0 N–H and O–H groups in total. The van der Waals surface area contributed by atoms with Crippen LogP contribution in [0.5, 0.6) is 0 Å². The predicted molar refractivity (Wildman–Crippen MR) is 86.6 cm³/mol. The fraction of sp³-hybridized carbons (Fsp3) is 0.941. The van der Waals surface area contributed by atoms with E-state index >= 15 is 0 Å². The molecular weight excluding hydrogens is 296 g/mol. The minimum atomic E-state index is -0.974. The molecule has 2 aliphatic rings. The van der Waals surface area contributed by atoms with Gasteiger partial charge >= 0.3 is 6.09 Å². The maximum absolute atomic E-state index is 12.2. The molecule has 2 heterocycles. The molecule has 2 aliphatic heterocycles. The first-order chi connectivity index (χ1) is 10.8. The number of piperidine rings is 1. The van der Waals surface area contributed by atoms with E-state index in [0.29, 0.717) is 32.5 Å². The number of nitrogens with zero attached hydrogens (tertiary/aromatic N) is 2. The van der Waals surface area contributed by atoms with E-state index in [1.807, 2.05) is 20.8 Å². The Morgan fingerprint density at radius 3 is 2.30 bits per heavy atom. The maximum Gasteiger partial charge on any atom is 0.410 e. The molecule has 0 aromatic heterocycles. The summed E-state index contributed by atoms with van der Waals surface area (Å²) < 4.78 is 10.9. The topological polar surface area (TPSA) is 61.9 Å². The molecule has 2 fully saturated rings. The lowest BCUT2D eigenvalue weighted by Gasteiger charge is -2.34. The zero-order chi connectivity index (χ0) is 16.9. The minimum absolute atomic E-state index is 0.00716. The molecule has 1 unspecified atom stereocenters. The van der Waals surface area contributed by atoms with Crippen LogP contribution in [0.4, 0.5) is 4.79 Å². The average Bonchev–Trinajstić information content (AvgIpc) is 2.99. The largest absolute Gasteiger partial charge is 0.444 e. The summed E-state index contributed by atoms with van der Waals surface area (Å²) in [6, 6.07) is 0. The normalized spacial score (nSPS) is 22.3. The number of carbonyl (C=O) groups excluding carboxylic acids is 1. The zero-order valence-corrected chi connectivity index (χ0v) is 14.8. The van der Waals surface area contributed by atoms with Gasteiger partial charge in [0.1, 0.15) is 5.60 Å². The molecule has 1 atom stereocenters. The van der Waals surface area contributed by atoms with Crippen molar-refractivity contribution in [2.75, 3.05) is 39.3 Å².